The number of carbonyl (C=O) groups excluding carboxylic acids is 1. The number of hydroxylamine groups is 2. The van der Waals surface area contributed by atoms with E-state index in [0.717, 1.165) is 0 Å². The Labute approximate surface area is 127 Å². The third-order valence-corrected chi connectivity index (χ3v) is 5.45. The van der Waals surface area contributed by atoms with Crippen molar-refractivity contribution in [3.8, 4) is 0 Å². The van der Waals surface area contributed by atoms with Crippen LogP contribution in [0.3, 0.4) is 0 Å². The van der Waals surface area contributed by atoms with Gasteiger partial charge in [0.15, 0.2) is 0 Å². The number of urea groups is 1. The summed E-state index contributed by atoms with van der Waals surface area (Å²) in [6, 6.07) is 8.43. The van der Waals surface area contributed by atoms with Gasteiger partial charge in [-0.2, -0.15) is 5.06 Å². The van der Waals surface area contributed by atoms with Crippen LogP contribution < -0.4 is 5.32 Å². The maximum Gasteiger partial charge on any atom is 0.346 e. The molecule has 2 rings (SSSR count). The molecule has 1 aromatic carbocycles. The van der Waals surface area contributed by atoms with Crippen molar-refractivity contribution in [1.29, 1.82) is 0 Å². The highest BCUT2D eigenvalue weighted by Gasteiger charge is 2.47. The van der Waals surface area contributed by atoms with Crippen molar-refractivity contribution in [1.82, 2.24) is 9.96 Å². The van der Waals surface area contributed by atoms with E-state index in [4.69, 9.17) is 12.2 Å². The number of hydrogen-bond donors (Lipinski definition) is 2. The highest BCUT2D eigenvalue weighted by Crippen LogP contribution is 2.40. The van der Waals surface area contributed by atoms with Crippen LogP contribution in [0.25, 0.3) is 0 Å². The Morgan fingerprint density at radius 2 is 2.05 bits per heavy atom. The quantitative estimate of drug-likeness (QED) is 0.499. The van der Waals surface area contributed by atoms with Crippen molar-refractivity contribution < 1.29 is 10.0 Å². The number of carbonyl (C=O) groups is 1. The molecule has 1 heterocycles. The van der Waals surface area contributed by atoms with Crippen LogP contribution in [0.15, 0.2) is 30.3 Å². The molecule has 7 heteroatoms. The molecule has 0 radical (unpaired) electrons. The molecule has 0 saturated carbocycles. The lowest BCUT2D eigenvalue weighted by Crippen LogP contribution is -2.52. The number of para-hydroxylation sites is 1. The number of nitrogens with one attached hydrogen (secondary N) is 1. The molecule has 1 aliphatic heterocycles. The summed E-state index contributed by atoms with van der Waals surface area (Å²) in [6.45, 7) is 3.87. The third-order valence-electron chi connectivity index (χ3n) is 3.41. The van der Waals surface area contributed by atoms with Crippen molar-refractivity contribution >= 4 is 40.0 Å². The van der Waals surface area contributed by atoms with Crippen molar-refractivity contribution in [2.24, 2.45) is 0 Å². The highest BCUT2D eigenvalue weighted by molar-refractivity contribution is 8.23. The molecule has 2 amide bonds. The summed E-state index contributed by atoms with van der Waals surface area (Å²) in [4.78, 5) is 14.0. The van der Waals surface area contributed by atoms with Crippen molar-refractivity contribution in [3.05, 3.63) is 30.3 Å². The minimum Gasteiger partial charge on any atom is -0.352 e. The molecular formula is C13H17N3O2S2. The number of hydrogen-bond acceptors (Lipinski definition) is 4. The molecule has 0 unspecified atom stereocenters. The molecule has 20 heavy (non-hydrogen) atoms. The van der Waals surface area contributed by atoms with Gasteiger partial charge in [-0.05, 0) is 26.0 Å². The van der Waals surface area contributed by atoms with E-state index in [1.807, 2.05) is 44.0 Å². The predicted molar refractivity (Wildman–Crippen MR) is 84.9 cm³/mol. The number of anilines is 1. The average Bonchev–Trinajstić information content (AvgIpc) is 2.62. The number of nitrogens with zero attached hydrogens (tertiary/aromatic N) is 2. The standard InChI is InChI=1S/C13H17N3O2S2/c1-13(2)10(20-12(19)15(13)3)16(18)11(17)14-9-7-5-4-6-8-9/h4-8,10,18H,1-3H3,(H,14,17)/t10-/m0/s1. The molecule has 0 bridgehead atoms. The molecule has 2 N–H and O–H groups in total. The minimum absolute atomic E-state index is 0.440. The fraction of sp³-hybridized carbons (Fsp3) is 0.385. The molecule has 108 valence electrons. The van der Waals surface area contributed by atoms with Crippen molar-refractivity contribution in [3.63, 3.8) is 0 Å². The SMILES string of the molecule is CN1C(=S)S[C@H](N(O)C(=O)Nc2ccccc2)C1(C)C. The molecule has 0 aliphatic carbocycles. The van der Waals surface area contributed by atoms with Gasteiger partial charge in [0.2, 0.25) is 0 Å². The van der Waals surface area contributed by atoms with Crippen LogP contribution in [0.1, 0.15) is 13.8 Å². The maximum absolute atomic E-state index is 12.1. The second kappa shape index (κ2) is 5.59. The Balaban J connectivity index is 2.10. The Morgan fingerprint density at radius 1 is 1.45 bits per heavy atom. The number of likely N-dealkylation sites (N-methyl/N-ethyl adjacent to an activating group) is 1. The second-order valence-electron chi connectivity index (χ2n) is 5.09. The zero-order valence-electron chi connectivity index (χ0n) is 11.5. The van der Waals surface area contributed by atoms with Gasteiger partial charge in [-0.3, -0.25) is 5.21 Å². The number of benzene rings is 1. The monoisotopic (exact) mass is 311 g/mol. The minimum atomic E-state index is -0.570. The molecule has 1 fully saturated rings. The van der Waals surface area contributed by atoms with Crippen LogP contribution >= 0.6 is 24.0 Å². The normalized spacial score (nSPS) is 20.9. The Hall–Kier alpha value is -1.31. The molecule has 1 atom stereocenters. The Bertz CT molecular complexity index is 522. The van der Waals surface area contributed by atoms with Crippen LogP contribution in [-0.2, 0) is 0 Å². The number of thioether (sulfide) groups is 1. The molecule has 0 spiro atoms. The van der Waals surface area contributed by atoms with Crippen LogP contribution in [-0.4, -0.2) is 43.5 Å². The number of thiocarbonyl (C=S) groups is 1. The van der Waals surface area contributed by atoms with Crippen LogP contribution in [0, 0.1) is 0 Å². The summed E-state index contributed by atoms with van der Waals surface area (Å²) in [6.07, 6.45) is 0. The van der Waals surface area contributed by atoms with E-state index in [1.54, 1.807) is 12.1 Å². The first-order valence-electron chi connectivity index (χ1n) is 6.12. The van der Waals surface area contributed by atoms with Gasteiger partial charge in [-0.15, -0.1) is 0 Å². The van der Waals surface area contributed by atoms with Crippen molar-refractivity contribution in [2.75, 3.05) is 12.4 Å². The van der Waals surface area contributed by atoms with E-state index in [1.165, 1.54) is 11.8 Å². The van der Waals surface area contributed by atoms with E-state index < -0.39 is 16.9 Å². The fourth-order valence-corrected chi connectivity index (χ4v) is 3.61. The first kappa shape index (κ1) is 15.1. The fourth-order valence-electron chi connectivity index (χ4n) is 1.88. The summed E-state index contributed by atoms with van der Waals surface area (Å²) in [5.74, 6) is 0. The van der Waals surface area contributed by atoms with Gasteiger partial charge in [0, 0.05) is 12.7 Å². The average molecular weight is 311 g/mol. The Kier molecular flexibility index (Phi) is 4.22. The third kappa shape index (κ3) is 2.74. The first-order chi connectivity index (χ1) is 9.34. The molecular weight excluding hydrogens is 294 g/mol. The lowest BCUT2D eigenvalue weighted by molar-refractivity contribution is -0.0715. The van der Waals surface area contributed by atoms with Crippen LogP contribution in [0.4, 0.5) is 10.5 Å². The molecule has 5 nitrogen and oxygen atoms in total. The molecule has 1 saturated heterocycles. The maximum atomic E-state index is 12.1. The zero-order valence-corrected chi connectivity index (χ0v) is 13.2. The summed E-state index contributed by atoms with van der Waals surface area (Å²) >= 11 is 6.52. The number of amides is 2. The summed E-state index contributed by atoms with van der Waals surface area (Å²) in [5.41, 5.74) is 0.193. The second-order valence-corrected chi connectivity index (χ2v) is 6.80. The van der Waals surface area contributed by atoms with Gasteiger partial charge in [-0.1, -0.05) is 42.2 Å². The van der Waals surface area contributed by atoms with Gasteiger partial charge in [0.05, 0.1) is 5.54 Å². The number of rotatable bonds is 2. The van der Waals surface area contributed by atoms with E-state index in [0.29, 0.717) is 15.1 Å². The van der Waals surface area contributed by atoms with E-state index in [2.05, 4.69) is 5.32 Å². The molecule has 0 aromatic heterocycles. The van der Waals surface area contributed by atoms with Gasteiger partial charge in [-0.25, -0.2) is 4.79 Å². The van der Waals surface area contributed by atoms with E-state index >= 15 is 0 Å². The van der Waals surface area contributed by atoms with Crippen LogP contribution in [0.5, 0.6) is 0 Å². The van der Waals surface area contributed by atoms with Gasteiger partial charge in [0.1, 0.15) is 9.69 Å². The van der Waals surface area contributed by atoms with Gasteiger partial charge < -0.3 is 10.2 Å². The lowest BCUT2D eigenvalue weighted by Gasteiger charge is -2.35. The highest BCUT2D eigenvalue weighted by atomic mass is 32.2. The first-order valence-corrected chi connectivity index (χ1v) is 7.41. The lowest BCUT2D eigenvalue weighted by atomic mass is 10.0. The van der Waals surface area contributed by atoms with Gasteiger partial charge in [0.25, 0.3) is 0 Å². The Morgan fingerprint density at radius 3 is 2.55 bits per heavy atom. The topological polar surface area (TPSA) is 55.8 Å². The molecule has 1 aliphatic rings. The summed E-state index contributed by atoms with van der Waals surface area (Å²) < 4.78 is 0.659. The van der Waals surface area contributed by atoms with E-state index in [-0.39, 0.29) is 0 Å². The molecule has 1 aromatic rings. The zero-order chi connectivity index (χ0) is 14.9. The van der Waals surface area contributed by atoms with Gasteiger partial charge >= 0.3 is 6.03 Å². The predicted octanol–water partition coefficient (Wildman–Crippen LogP) is 2.98. The smallest absolute Gasteiger partial charge is 0.346 e. The largest absolute Gasteiger partial charge is 0.352 e. The summed E-state index contributed by atoms with van der Waals surface area (Å²) in [7, 11) is 1.86. The van der Waals surface area contributed by atoms with E-state index in [9.17, 15) is 10.0 Å². The summed E-state index contributed by atoms with van der Waals surface area (Å²) in [5, 5.41) is 13.1. The van der Waals surface area contributed by atoms with Crippen LogP contribution in [0.2, 0.25) is 0 Å². The van der Waals surface area contributed by atoms with Crippen molar-refractivity contribution in [2.45, 2.75) is 24.8 Å².